The zero-order chi connectivity index (χ0) is 15.6. The normalized spacial score (nSPS) is 14.6. The fraction of sp³-hybridized carbons (Fsp3) is 0.538. The van der Waals surface area contributed by atoms with Gasteiger partial charge in [-0.1, -0.05) is 12.1 Å². The molecule has 3 nitrogen and oxygen atoms in total. The number of hydrogen-bond acceptors (Lipinski definition) is 2. The molecule has 1 aromatic rings. The Labute approximate surface area is 117 Å². The summed E-state index contributed by atoms with van der Waals surface area (Å²) in [6.45, 7) is 2.31. The van der Waals surface area contributed by atoms with E-state index in [1.165, 1.54) is 31.3 Å². The molecule has 0 aliphatic carbocycles. The van der Waals surface area contributed by atoms with Crippen molar-refractivity contribution in [3.8, 4) is 0 Å². The van der Waals surface area contributed by atoms with Gasteiger partial charge in [-0.2, -0.15) is 4.31 Å². The van der Waals surface area contributed by atoms with Gasteiger partial charge in [0.25, 0.3) is 0 Å². The molecule has 1 atom stereocenters. The Morgan fingerprint density at radius 2 is 1.75 bits per heavy atom. The highest BCUT2D eigenvalue weighted by Gasteiger charge is 2.29. The van der Waals surface area contributed by atoms with Crippen LogP contribution in [0.25, 0.3) is 0 Å². The SMILES string of the molecule is C[C@@H](c1ccc(F)cc1)N(C)S(=O)(=O)CCC(C)(F)F. The van der Waals surface area contributed by atoms with Crippen molar-refractivity contribution in [3.63, 3.8) is 0 Å². The number of halogens is 3. The van der Waals surface area contributed by atoms with Crippen LogP contribution in [0.3, 0.4) is 0 Å². The predicted octanol–water partition coefficient (Wildman–Crippen LogP) is 3.19. The van der Waals surface area contributed by atoms with Crippen molar-refractivity contribution in [2.45, 2.75) is 32.2 Å². The van der Waals surface area contributed by atoms with Gasteiger partial charge in [0.1, 0.15) is 5.82 Å². The Hall–Kier alpha value is -1.08. The quantitative estimate of drug-likeness (QED) is 0.809. The Morgan fingerprint density at radius 1 is 1.25 bits per heavy atom. The number of hydrogen-bond donors (Lipinski definition) is 0. The minimum absolute atomic E-state index is 0.419. The Kier molecular flexibility index (Phi) is 5.21. The van der Waals surface area contributed by atoms with Crippen molar-refractivity contribution >= 4 is 10.0 Å². The van der Waals surface area contributed by atoms with Crippen LogP contribution in [-0.2, 0) is 10.0 Å². The second-order valence-electron chi connectivity index (χ2n) is 4.88. The van der Waals surface area contributed by atoms with Crippen LogP contribution < -0.4 is 0 Å². The molecule has 1 rings (SSSR count). The summed E-state index contributed by atoms with van der Waals surface area (Å²) >= 11 is 0. The lowest BCUT2D eigenvalue weighted by atomic mass is 10.1. The lowest BCUT2D eigenvalue weighted by molar-refractivity contribution is 0.0186. The van der Waals surface area contributed by atoms with Crippen LogP contribution in [0, 0.1) is 5.82 Å². The third-order valence-electron chi connectivity index (χ3n) is 3.14. The minimum atomic E-state index is -3.79. The van der Waals surface area contributed by atoms with Gasteiger partial charge in [0, 0.05) is 19.5 Å². The summed E-state index contributed by atoms with van der Waals surface area (Å²) < 4.78 is 63.3. The highest BCUT2D eigenvalue weighted by Crippen LogP contribution is 2.24. The first-order valence-electron chi connectivity index (χ1n) is 6.12. The first kappa shape index (κ1) is 17.0. The maximum atomic E-state index is 12.8. The Bertz CT molecular complexity index is 538. The van der Waals surface area contributed by atoms with E-state index in [1.54, 1.807) is 6.92 Å². The second kappa shape index (κ2) is 6.13. The van der Waals surface area contributed by atoms with Crippen molar-refractivity contribution in [1.29, 1.82) is 0 Å². The molecule has 0 saturated heterocycles. The molecule has 0 unspecified atom stereocenters. The van der Waals surface area contributed by atoms with Crippen LogP contribution in [0.2, 0.25) is 0 Å². The summed E-state index contributed by atoms with van der Waals surface area (Å²) in [5, 5.41) is 0. The zero-order valence-corrected chi connectivity index (χ0v) is 12.4. The standard InChI is InChI=1S/C13H18F3NO2S/c1-10(11-4-6-12(14)7-5-11)17(3)20(18,19)9-8-13(2,15)16/h4-7,10H,8-9H2,1-3H3/t10-/m0/s1. The highest BCUT2D eigenvalue weighted by atomic mass is 32.2. The van der Waals surface area contributed by atoms with Gasteiger partial charge >= 0.3 is 0 Å². The van der Waals surface area contributed by atoms with E-state index < -0.39 is 40.0 Å². The van der Waals surface area contributed by atoms with E-state index in [0.29, 0.717) is 12.5 Å². The number of nitrogens with zero attached hydrogens (tertiary/aromatic N) is 1. The van der Waals surface area contributed by atoms with Crippen LogP contribution in [-0.4, -0.2) is 31.4 Å². The molecule has 20 heavy (non-hydrogen) atoms. The fourth-order valence-corrected chi connectivity index (χ4v) is 3.15. The molecule has 0 heterocycles. The lowest BCUT2D eigenvalue weighted by Gasteiger charge is -2.25. The van der Waals surface area contributed by atoms with Crippen LogP contribution in [0.4, 0.5) is 13.2 Å². The molecule has 0 aliphatic heterocycles. The van der Waals surface area contributed by atoms with Gasteiger partial charge in [-0.3, -0.25) is 0 Å². The topological polar surface area (TPSA) is 37.4 Å². The molecule has 0 fully saturated rings. The summed E-state index contributed by atoms with van der Waals surface area (Å²) in [7, 11) is -2.46. The maximum absolute atomic E-state index is 12.8. The first-order chi connectivity index (χ1) is 9.03. The van der Waals surface area contributed by atoms with E-state index >= 15 is 0 Å². The number of benzene rings is 1. The molecule has 0 bridgehead atoms. The van der Waals surface area contributed by atoms with Crippen molar-refractivity contribution in [3.05, 3.63) is 35.6 Å². The van der Waals surface area contributed by atoms with Gasteiger partial charge in [0.2, 0.25) is 15.9 Å². The van der Waals surface area contributed by atoms with Crippen molar-refractivity contribution in [1.82, 2.24) is 4.31 Å². The van der Waals surface area contributed by atoms with E-state index in [2.05, 4.69) is 0 Å². The third-order valence-corrected chi connectivity index (χ3v) is 5.05. The molecule has 7 heteroatoms. The van der Waals surface area contributed by atoms with Gasteiger partial charge in [0.05, 0.1) is 5.75 Å². The molecular formula is C13H18F3NO2S. The maximum Gasteiger partial charge on any atom is 0.246 e. The number of sulfonamides is 1. The summed E-state index contributed by atoms with van der Waals surface area (Å²) in [6, 6.07) is 4.85. The molecule has 0 aliphatic rings. The molecule has 0 saturated carbocycles. The molecule has 0 radical (unpaired) electrons. The molecule has 0 amide bonds. The zero-order valence-electron chi connectivity index (χ0n) is 11.6. The molecule has 0 N–H and O–H groups in total. The van der Waals surface area contributed by atoms with E-state index in [1.807, 2.05) is 0 Å². The van der Waals surface area contributed by atoms with E-state index in [-0.39, 0.29) is 0 Å². The minimum Gasteiger partial charge on any atom is -0.212 e. The molecule has 0 spiro atoms. The average Bonchev–Trinajstić information content (AvgIpc) is 2.35. The van der Waals surface area contributed by atoms with E-state index in [0.717, 1.165) is 4.31 Å². The van der Waals surface area contributed by atoms with Crippen LogP contribution >= 0.6 is 0 Å². The highest BCUT2D eigenvalue weighted by molar-refractivity contribution is 7.89. The molecule has 1 aromatic carbocycles. The first-order valence-corrected chi connectivity index (χ1v) is 7.73. The van der Waals surface area contributed by atoms with E-state index in [9.17, 15) is 21.6 Å². The van der Waals surface area contributed by atoms with Gasteiger partial charge in [0.15, 0.2) is 0 Å². The smallest absolute Gasteiger partial charge is 0.212 e. The van der Waals surface area contributed by atoms with Crippen molar-refractivity contribution < 1.29 is 21.6 Å². The van der Waals surface area contributed by atoms with Gasteiger partial charge in [-0.05, 0) is 31.5 Å². The average molecular weight is 309 g/mol. The van der Waals surface area contributed by atoms with Crippen LogP contribution in [0.1, 0.15) is 31.9 Å². The van der Waals surface area contributed by atoms with E-state index in [4.69, 9.17) is 0 Å². The summed E-state index contributed by atoms with van der Waals surface area (Å²) in [6.07, 6.45) is -0.726. The molecule has 0 aromatic heterocycles. The Balaban J connectivity index is 2.82. The van der Waals surface area contributed by atoms with Crippen LogP contribution in [0.15, 0.2) is 24.3 Å². The van der Waals surface area contributed by atoms with Gasteiger partial charge in [-0.15, -0.1) is 0 Å². The Morgan fingerprint density at radius 3 is 2.20 bits per heavy atom. The molecular weight excluding hydrogens is 291 g/mol. The predicted molar refractivity (Wildman–Crippen MR) is 71.6 cm³/mol. The van der Waals surface area contributed by atoms with Crippen molar-refractivity contribution in [2.24, 2.45) is 0 Å². The fourth-order valence-electron chi connectivity index (χ4n) is 1.64. The summed E-state index contributed by atoms with van der Waals surface area (Å²) in [4.78, 5) is 0. The number of rotatable bonds is 6. The van der Waals surface area contributed by atoms with Crippen LogP contribution in [0.5, 0.6) is 0 Å². The summed E-state index contributed by atoms with van der Waals surface area (Å²) in [5.41, 5.74) is 0.598. The van der Waals surface area contributed by atoms with Gasteiger partial charge < -0.3 is 0 Å². The summed E-state index contributed by atoms with van der Waals surface area (Å²) in [5.74, 6) is -4.07. The number of alkyl halides is 2. The largest absolute Gasteiger partial charge is 0.246 e. The second-order valence-corrected chi connectivity index (χ2v) is 7.03. The third kappa shape index (κ3) is 4.79. The molecule has 114 valence electrons. The lowest BCUT2D eigenvalue weighted by Crippen LogP contribution is -2.33. The van der Waals surface area contributed by atoms with Crippen molar-refractivity contribution in [2.75, 3.05) is 12.8 Å². The monoisotopic (exact) mass is 309 g/mol. The van der Waals surface area contributed by atoms with Gasteiger partial charge in [-0.25, -0.2) is 21.6 Å².